The molecule has 0 aromatic carbocycles. The Balaban J connectivity index is 1.08. The van der Waals surface area contributed by atoms with E-state index < -0.39 is 261 Å². The fraction of sp³-hybridized carbons (Fsp3) is 1.00. The van der Waals surface area contributed by atoms with Crippen molar-refractivity contribution >= 4 is 0 Å². The predicted octanol–water partition coefficient (Wildman–Crippen LogP) is -15.3. The maximum absolute atomic E-state index is 11.4. The third kappa shape index (κ3) is 12.1. The van der Waals surface area contributed by atoms with E-state index in [-0.39, 0.29) is 0 Å². The number of nitrogens with two attached hydrogens (primary N) is 1. The lowest BCUT2D eigenvalue weighted by Gasteiger charge is -2.50. The second kappa shape index (κ2) is 26.0. The number of fused-ring (bicyclic) bond motifs is 7. The van der Waals surface area contributed by atoms with E-state index in [4.69, 9.17) is 72.0 Å². The summed E-state index contributed by atoms with van der Waals surface area (Å²) in [5, 5.41) is 219. The summed E-state index contributed by atoms with van der Waals surface area (Å²) < 4.78 is 80.0. The number of aliphatic hydroxyl groups excluding tert-OH is 20. The SMILES string of the molecule is N[C@@H]1[C@H]2O[C@H]3[C@H](O)[C@@H](O)[C@@H](O[C@H]4[C@H](O)[C@@H](O)[C@@H](O[C@H]5[C@H](O)[C@@H](O)[C@@H](O[C@H]6[C@H](O)[C@@H](O)[C@@H](O[C@H]7[C@H](O)[C@@H](O)[C@@H](O[C@H]8[C@H](O)[C@@H](O)[C@@H](O[C@@H]([C@H]1O)[C@@H](CO)O2)O[C@@H]8CO)O[C@@H]7CO)O[C@@H]6CO)O[C@@H]5CO)O[C@@H]4CO)O[C@@H]3CO. The van der Waals surface area contributed by atoms with Crippen molar-refractivity contribution < 1.29 is 168 Å². The Morgan fingerprint density at radius 3 is 0.506 bits per heavy atom. The Hall–Kier alpha value is -1.40. The lowest BCUT2D eigenvalue weighted by atomic mass is 9.94. The molecule has 0 spiro atoms. The smallest absolute Gasteiger partial charge is 0.187 e. The Morgan fingerprint density at radius 1 is 0.195 bits per heavy atom. The molecular weight excluding hydrogens is 1060 g/mol. The van der Waals surface area contributed by atoms with Crippen molar-refractivity contribution in [2.75, 3.05) is 46.2 Å². The van der Waals surface area contributed by atoms with Crippen LogP contribution in [0.1, 0.15) is 0 Å². The number of aliphatic hydroxyl groups is 20. The third-order valence-electron chi connectivity index (χ3n) is 14.9. The molecule has 14 bridgehead atoms. The van der Waals surface area contributed by atoms with Crippen LogP contribution < -0.4 is 5.73 Å². The second-order valence-electron chi connectivity index (χ2n) is 19.7. The summed E-state index contributed by atoms with van der Waals surface area (Å²) in [5.74, 6) is 0. The van der Waals surface area contributed by atoms with Crippen LogP contribution in [-0.2, 0) is 66.3 Å². The van der Waals surface area contributed by atoms with Gasteiger partial charge in [0.05, 0.1) is 52.3 Å². The largest absolute Gasteiger partial charge is 0.394 e. The molecule has 15 heterocycles. The molecule has 15 fully saturated rings. The van der Waals surface area contributed by atoms with Crippen molar-refractivity contribution in [1.82, 2.24) is 0 Å². The van der Waals surface area contributed by atoms with E-state index in [0.717, 1.165) is 0 Å². The van der Waals surface area contributed by atoms with Gasteiger partial charge in [-0.2, -0.15) is 0 Å². The molecule has 35 atom stereocenters. The van der Waals surface area contributed by atoms with Crippen LogP contribution in [0.4, 0.5) is 0 Å². The van der Waals surface area contributed by atoms with Crippen molar-refractivity contribution in [2.24, 2.45) is 5.73 Å². The summed E-state index contributed by atoms with van der Waals surface area (Å²) in [7, 11) is 0. The van der Waals surface area contributed by atoms with Crippen LogP contribution in [0.15, 0.2) is 0 Å². The van der Waals surface area contributed by atoms with Gasteiger partial charge in [-0.25, -0.2) is 0 Å². The molecular formula is C42H71NO34. The first-order chi connectivity index (χ1) is 36.7. The maximum atomic E-state index is 11.4. The van der Waals surface area contributed by atoms with Crippen molar-refractivity contribution in [2.45, 2.75) is 215 Å². The molecule has 15 aliphatic heterocycles. The fourth-order valence-electron chi connectivity index (χ4n) is 10.5. The average Bonchev–Trinajstić information content (AvgIpc) is 3.42. The number of hydrogen-bond acceptors (Lipinski definition) is 35. The van der Waals surface area contributed by atoms with Crippen molar-refractivity contribution in [3.8, 4) is 0 Å². The van der Waals surface area contributed by atoms with E-state index in [0.29, 0.717) is 0 Å². The second-order valence-corrected chi connectivity index (χ2v) is 19.7. The third-order valence-corrected chi connectivity index (χ3v) is 14.9. The van der Waals surface area contributed by atoms with E-state index in [1.54, 1.807) is 0 Å². The van der Waals surface area contributed by atoms with Crippen LogP contribution in [0.25, 0.3) is 0 Å². The van der Waals surface area contributed by atoms with Crippen LogP contribution in [0, 0.1) is 0 Å². The van der Waals surface area contributed by atoms with Crippen LogP contribution >= 0.6 is 0 Å². The lowest BCUT2D eigenvalue weighted by Crippen LogP contribution is -2.69. The van der Waals surface area contributed by atoms with Gasteiger partial charge in [0.15, 0.2) is 44.0 Å². The van der Waals surface area contributed by atoms with Crippen LogP contribution in [0.3, 0.4) is 0 Å². The summed E-state index contributed by atoms with van der Waals surface area (Å²) >= 11 is 0. The summed E-state index contributed by atoms with van der Waals surface area (Å²) in [6.45, 7) is -7.17. The Labute approximate surface area is 434 Å². The Morgan fingerprint density at radius 2 is 0.338 bits per heavy atom. The van der Waals surface area contributed by atoms with E-state index in [9.17, 15) is 102 Å². The standard InChI is InChI=1S/C42H71NO34/c43-15-16(51)29-8(1-44)64-36(15)71-30-9(2-45)65-38(23(58)17(30)52)73-32-11(4-47)67-40(25(60)19(32)54)75-34-13(6-49)69-42(27(62)21(34)56)77-35-14(7-50)70-41(28(63)22(35)57)76-33-12(5-48)68-39(26(61)20(33)55)74-31-10(3-46)66-37(72-29)24(59)18(31)53/h8-42,44-63H,1-7,43H2/t8-,9-,10-,11-,12-,13-,14-,15+,16+,17-,18-,19-,20-,21-,22-,23-,24-,25-,26-,27-,28-,29-,30-,31-,32-,33-,34-,35-,36-,37-,38-,39-,40-,41-,42-/m1/s1. The van der Waals surface area contributed by atoms with Gasteiger partial charge in [-0.15, -0.1) is 0 Å². The zero-order valence-electron chi connectivity index (χ0n) is 40.4. The van der Waals surface area contributed by atoms with Gasteiger partial charge in [0, 0.05) is 0 Å². The van der Waals surface area contributed by atoms with Crippen LogP contribution in [-0.4, -0.2) is 363 Å². The fourth-order valence-corrected chi connectivity index (χ4v) is 10.5. The van der Waals surface area contributed by atoms with Gasteiger partial charge in [-0.05, 0) is 0 Å². The normalized spacial score (nSPS) is 55.4. The first-order valence-corrected chi connectivity index (χ1v) is 24.7. The minimum Gasteiger partial charge on any atom is -0.394 e. The van der Waals surface area contributed by atoms with Crippen LogP contribution in [0.2, 0.25) is 0 Å². The quantitative estimate of drug-likeness (QED) is 0.113. The van der Waals surface area contributed by atoms with Gasteiger partial charge in [0.25, 0.3) is 0 Å². The molecule has 15 aliphatic rings. The highest BCUT2D eigenvalue weighted by molar-refractivity contribution is 5.02. The van der Waals surface area contributed by atoms with Gasteiger partial charge in [0.1, 0.15) is 165 Å². The highest BCUT2D eigenvalue weighted by atomic mass is 16.8. The molecule has 0 amide bonds. The van der Waals surface area contributed by atoms with Crippen molar-refractivity contribution in [3.05, 3.63) is 0 Å². The van der Waals surface area contributed by atoms with Crippen LogP contribution in [0.5, 0.6) is 0 Å². The van der Waals surface area contributed by atoms with Gasteiger partial charge in [-0.1, -0.05) is 0 Å². The number of rotatable bonds is 7. The Bertz CT molecular complexity index is 1470. The molecule has 15 rings (SSSR count). The molecule has 22 N–H and O–H groups in total. The molecule has 0 unspecified atom stereocenters. The molecule has 0 aliphatic carbocycles. The minimum absolute atomic E-state index is 0.991. The van der Waals surface area contributed by atoms with Gasteiger partial charge in [-0.3, -0.25) is 0 Å². The topological polar surface area (TPSA) is 560 Å². The zero-order valence-corrected chi connectivity index (χ0v) is 40.4. The molecule has 0 aromatic rings. The maximum Gasteiger partial charge on any atom is 0.187 e. The van der Waals surface area contributed by atoms with E-state index in [2.05, 4.69) is 0 Å². The van der Waals surface area contributed by atoms with Crippen molar-refractivity contribution in [3.63, 3.8) is 0 Å². The van der Waals surface area contributed by atoms with E-state index >= 15 is 0 Å². The zero-order chi connectivity index (χ0) is 56.1. The molecule has 35 nitrogen and oxygen atoms in total. The van der Waals surface area contributed by atoms with Gasteiger partial charge < -0.3 is 174 Å². The number of ether oxygens (including phenoxy) is 14. The number of hydrogen-bond donors (Lipinski definition) is 21. The summed E-state index contributed by atoms with van der Waals surface area (Å²) in [6.07, 6.45) is -66.7. The molecule has 0 radical (unpaired) electrons. The summed E-state index contributed by atoms with van der Waals surface area (Å²) in [4.78, 5) is 0. The Kier molecular flexibility index (Phi) is 20.8. The minimum atomic E-state index is -2.20. The summed E-state index contributed by atoms with van der Waals surface area (Å²) in [6, 6.07) is -1.71. The molecule has 0 saturated carbocycles. The molecule has 77 heavy (non-hydrogen) atoms. The molecule has 0 aromatic heterocycles. The highest BCUT2D eigenvalue weighted by Crippen LogP contribution is 2.38. The predicted molar refractivity (Wildman–Crippen MR) is 230 cm³/mol. The van der Waals surface area contributed by atoms with E-state index in [1.807, 2.05) is 0 Å². The van der Waals surface area contributed by atoms with E-state index in [1.165, 1.54) is 0 Å². The van der Waals surface area contributed by atoms with Gasteiger partial charge >= 0.3 is 0 Å². The molecule has 15 saturated heterocycles. The molecule has 35 heteroatoms. The summed E-state index contributed by atoms with van der Waals surface area (Å²) in [5.41, 5.74) is 6.29. The highest BCUT2D eigenvalue weighted by Gasteiger charge is 2.59. The molecule has 448 valence electrons. The van der Waals surface area contributed by atoms with Gasteiger partial charge in [0.2, 0.25) is 0 Å². The first kappa shape index (κ1) is 61.7. The van der Waals surface area contributed by atoms with Crippen molar-refractivity contribution in [1.29, 1.82) is 0 Å². The average molecular weight is 1130 g/mol. The lowest BCUT2D eigenvalue weighted by molar-refractivity contribution is -0.396. The first-order valence-electron chi connectivity index (χ1n) is 24.7. The monoisotopic (exact) mass is 1130 g/mol.